The number of alkyl halides is 1. The van der Waals surface area contributed by atoms with Crippen LogP contribution in [0.4, 0.5) is 21.8 Å². The molecular weight excluding hydrogens is 399 g/mol. The highest BCUT2D eigenvalue weighted by atomic mass is 35.5. The third kappa shape index (κ3) is 3.59. The van der Waals surface area contributed by atoms with E-state index in [0.29, 0.717) is 34.6 Å². The molecule has 2 fully saturated rings. The molecule has 0 bridgehead atoms. The van der Waals surface area contributed by atoms with Gasteiger partial charge in [-0.25, -0.2) is 19.3 Å². The van der Waals surface area contributed by atoms with Gasteiger partial charge in [0.05, 0.1) is 11.2 Å². The van der Waals surface area contributed by atoms with E-state index in [1.165, 1.54) is 11.8 Å². The number of pyridine rings is 1. The molecule has 2 atom stereocenters. The summed E-state index contributed by atoms with van der Waals surface area (Å²) in [5.74, 6) is 1.83. The second-order valence-electron chi connectivity index (χ2n) is 7.82. The Bertz CT molecular complexity index is 873. The quantitative estimate of drug-likeness (QED) is 0.765. The minimum atomic E-state index is -0.651. The molecule has 1 aliphatic heterocycles. The van der Waals surface area contributed by atoms with Gasteiger partial charge in [0.25, 0.3) is 0 Å². The molecule has 2 aromatic heterocycles. The number of piperidine rings is 1. The summed E-state index contributed by atoms with van der Waals surface area (Å²) < 4.78 is 13.9. The molecule has 1 aliphatic carbocycles. The highest BCUT2D eigenvalue weighted by Gasteiger charge is 2.46. The van der Waals surface area contributed by atoms with Crippen molar-refractivity contribution in [2.45, 2.75) is 48.7 Å². The summed E-state index contributed by atoms with van der Waals surface area (Å²) in [6.07, 6.45) is 6.05. The number of nitrogen functional groups attached to an aromatic ring is 2. The molecule has 2 aliphatic rings. The SMILES string of the molecule is C[C@@H]1C[C@@H](F)CC12CCN(c1cnc(Sc3ccnc(N)c3Cl)c(N)n1)CC2. The van der Waals surface area contributed by atoms with Crippen LogP contribution in [0.3, 0.4) is 0 Å². The van der Waals surface area contributed by atoms with Gasteiger partial charge in [-0.05, 0) is 43.1 Å². The van der Waals surface area contributed by atoms with Gasteiger partial charge in [-0.3, -0.25) is 0 Å². The predicted octanol–water partition coefficient (Wildman–Crippen LogP) is 4.20. The van der Waals surface area contributed by atoms with Crippen LogP contribution in [0.2, 0.25) is 5.02 Å². The van der Waals surface area contributed by atoms with E-state index in [1.807, 2.05) is 0 Å². The Morgan fingerprint density at radius 1 is 1.25 bits per heavy atom. The van der Waals surface area contributed by atoms with Gasteiger partial charge in [-0.2, -0.15) is 0 Å². The zero-order valence-corrected chi connectivity index (χ0v) is 17.3. The number of aromatic nitrogens is 3. The van der Waals surface area contributed by atoms with Crippen molar-refractivity contribution < 1.29 is 4.39 Å². The lowest BCUT2D eigenvalue weighted by atomic mass is 9.71. The highest BCUT2D eigenvalue weighted by molar-refractivity contribution is 7.99. The van der Waals surface area contributed by atoms with Gasteiger partial charge >= 0.3 is 0 Å². The maximum atomic E-state index is 13.9. The van der Waals surface area contributed by atoms with Gasteiger partial charge in [0.2, 0.25) is 0 Å². The molecule has 3 heterocycles. The van der Waals surface area contributed by atoms with E-state index in [1.54, 1.807) is 18.5 Å². The Hall–Kier alpha value is -1.80. The van der Waals surface area contributed by atoms with Crippen molar-refractivity contribution in [3.05, 3.63) is 23.5 Å². The predicted molar refractivity (Wildman–Crippen MR) is 111 cm³/mol. The van der Waals surface area contributed by atoms with E-state index in [0.717, 1.165) is 36.6 Å². The van der Waals surface area contributed by atoms with Gasteiger partial charge in [-0.1, -0.05) is 30.3 Å². The van der Waals surface area contributed by atoms with Crippen LogP contribution in [-0.2, 0) is 0 Å². The normalized spacial score (nSPS) is 24.0. The van der Waals surface area contributed by atoms with Gasteiger partial charge in [0, 0.05) is 24.2 Å². The molecule has 0 unspecified atom stereocenters. The minimum Gasteiger partial charge on any atom is -0.382 e. The summed E-state index contributed by atoms with van der Waals surface area (Å²) in [5.41, 5.74) is 12.0. The first-order chi connectivity index (χ1) is 13.4. The lowest BCUT2D eigenvalue weighted by Crippen LogP contribution is -2.42. The monoisotopic (exact) mass is 422 g/mol. The molecule has 150 valence electrons. The van der Waals surface area contributed by atoms with Crippen molar-refractivity contribution in [3.8, 4) is 0 Å². The smallest absolute Gasteiger partial charge is 0.158 e. The Morgan fingerprint density at radius 2 is 2.00 bits per heavy atom. The summed E-state index contributed by atoms with van der Waals surface area (Å²) in [4.78, 5) is 15.9. The number of anilines is 3. The lowest BCUT2D eigenvalue weighted by Gasteiger charge is -2.42. The van der Waals surface area contributed by atoms with Gasteiger partial charge in [0.15, 0.2) is 5.82 Å². The number of hydrogen-bond acceptors (Lipinski definition) is 7. The zero-order chi connectivity index (χ0) is 19.9. The van der Waals surface area contributed by atoms with E-state index in [-0.39, 0.29) is 11.2 Å². The van der Waals surface area contributed by atoms with Crippen LogP contribution in [0.15, 0.2) is 28.4 Å². The van der Waals surface area contributed by atoms with Crippen LogP contribution in [0.25, 0.3) is 0 Å². The van der Waals surface area contributed by atoms with E-state index < -0.39 is 6.17 Å². The average molecular weight is 423 g/mol. The fourth-order valence-corrected chi connectivity index (χ4v) is 5.49. The second-order valence-corrected chi connectivity index (χ2v) is 9.23. The minimum absolute atomic E-state index is 0.142. The largest absolute Gasteiger partial charge is 0.382 e. The van der Waals surface area contributed by atoms with Crippen molar-refractivity contribution in [2.24, 2.45) is 11.3 Å². The molecule has 6 nitrogen and oxygen atoms in total. The first-order valence-corrected chi connectivity index (χ1v) is 10.7. The molecule has 0 radical (unpaired) electrons. The number of nitrogens with zero attached hydrogens (tertiary/aromatic N) is 4. The fourth-order valence-electron chi connectivity index (χ4n) is 4.48. The van der Waals surface area contributed by atoms with Crippen molar-refractivity contribution in [3.63, 3.8) is 0 Å². The van der Waals surface area contributed by atoms with Crippen LogP contribution in [-0.4, -0.2) is 34.2 Å². The molecule has 2 aromatic rings. The maximum absolute atomic E-state index is 13.9. The highest BCUT2D eigenvalue weighted by Crippen LogP contribution is 2.51. The van der Waals surface area contributed by atoms with E-state index in [9.17, 15) is 4.39 Å². The first-order valence-electron chi connectivity index (χ1n) is 9.47. The third-order valence-corrected chi connectivity index (χ3v) is 7.78. The molecule has 9 heteroatoms. The van der Waals surface area contributed by atoms with Crippen LogP contribution in [0, 0.1) is 11.3 Å². The van der Waals surface area contributed by atoms with Crippen LogP contribution >= 0.6 is 23.4 Å². The number of halogens is 2. The fraction of sp³-hybridized carbons (Fsp3) is 0.526. The molecule has 1 spiro atoms. The summed E-state index contributed by atoms with van der Waals surface area (Å²) >= 11 is 7.51. The van der Waals surface area contributed by atoms with Gasteiger partial charge in [-0.15, -0.1) is 0 Å². The van der Waals surface area contributed by atoms with Crippen molar-refractivity contribution >= 4 is 40.8 Å². The molecule has 1 saturated heterocycles. The number of nitrogens with two attached hydrogens (primary N) is 2. The molecule has 1 saturated carbocycles. The number of rotatable bonds is 3. The topological polar surface area (TPSA) is 94.0 Å². The van der Waals surface area contributed by atoms with Crippen molar-refractivity contribution in [2.75, 3.05) is 29.5 Å². The van der Waals surface area contributed by atoms with Crippen molar-refractivity contribution in [1.29, 1.82) is 0 Å². The van der Waals surface area contributed by atoms with Crippen LogP contribution < -0.4 is 16.4 Å². The Balaban J connectivity index is 1.46. The second kappa shape index (κ2) is 7.55. The first kappa shape index (κ1) is 19.5. The van der Waals surface area contributed by atoms with Crippen LogP contribution in [0.1, 0.15) is 32.6 Å². The van der Waals surface area contributed by atoms with Gasteiger partial charge < -0.3 is 16.4 Å². The van der Waals surface area contributed by atoms with E-state index in [2.05, 4.69) is 26.8 Å². The summed E-state index contributed by atoms with van der Waals surface area (Å²) in [6, 6.07) is 1.77. The zero-order valence-electron chi connectivity index (χ0n) is 15.7. The Kier molecular flexibility index (Phi) is 5.26. The maximum Gasteiger partial charge on any atom is 0.158 e. The summed E-state index contributed by atoms with van der Waals surface area (Å²) in [7, 11) is 0. The summed E-state index contributed by atoms with van der Waals surface area (Å²) in [5, 5.41) is 0.963. The van der Waals surface area contributed by atoms with Crippen molar-refractivity contribution in [1.82, 2.24) is 15.0 Å². The molecule has 0 aromatic carbocycles. The lowest BCUT2D eigenvalue weighted by molar-refractivity contribution is 0.155. The standard InChI is InChI=1S/C19H24ClFN6S/c1-11-8-12(21)9-19(11)3-6-27(7-4-19)14-10-25-18(17(23)26-14)28-13-2-5-24-16(22)15(13)20/h2,5,10-12H,3-4,6-9H2,1H3,(H2,22,24)(H2,23,26)/t11-,12-/m1/s1. The molecule has 28 heavy (non-hydrogen) atoms. The molecule has 4 rings (SSSR count). The molecular formula is C19H24ClFN6S. The molecule has 4 N–H and O–H groups in total. The van der Waals surface area contributed by atoms with E-state index >= 15 is 0 Å². The van der Waals surface area contributed by atoms with E-state index in [4.69, 9.17) is 23.1 Å². The van der Waals surface area contributed by atoms with Gasteiger partial charge in [0.1, 0.15) is 22.8 Å². The average Bonchev–Trinajstić information content (AvgIpc) is 2.94. The number of hydrogen-bond donors (Lipinski definition) is 2. The molecule has 0 amide bonds. The Morgan fingerprint density at radius 3 is 2.64 bits per heavy atom. The summed E-state index contributed by atoms with van der Waals surface area (Å²) in [6.45, 7) is 3.89. The van der Waals surface area contributed by atoms with Crippen LogP contribution in [0.5, 0.6) is 0 Å². The Labute approximate surface area is 173 Å². The third-order valence-electron chi connectivity index (χ3n) is 6.20.